The van der Waals surface area contributed by atoms with Crippen LogP contribution in [0, 0.1) is 4.91 Å². The van der Waals surface area contributed by atoms with Gasteiger partial charge in [0.1, 0.15) is 6.04 Å². The van der Waals surface area contributed by atoms with E-state index in [-0.39, 0.29) is 0 Å². The molecule has 2 N–H and O–H groups in total. The number of hydrogen-bond donors (Lipinski definition) is 1. The van der Waals surface area contributed by atoms with E-state index in [0.29, 0.717) is 13.1 Å². The van der Waals surface area contributed by atoms with Crippen molar-refractivity contribution in [3.05, 3.63) is 30.2 Å². The smallest absolute Gasteiger partial charge is 0.243 e. The van der Waals surface area contributed by atoms with Crippen LogP contribution in [0.2, 0.25) is 0 Å². The zero-order valence-electron chi connectivity index (χ0n) is 8.80. The number of nitroso groups, excluding NO2 is 1. The molecule has 0 aromatic rings. The van der Waals surface area contributed by atoms with Gasteiger partial charge in [0.15, 0.2) is 0 Å². The minimum atomic E-state index is -0.789. The summed E-state index contributed by atoms with van der Waals surface area (Å²) in [5.74, 6) is -0.618. The number of hydrogen-bond acceptors (Lipinski definition) is 4. The van der Waals surface area contributed by atoms with Gasteiger partial charge in [0.2, 0.25) is 5.91 Å². The molecule has 0 saturated carbocycles. The zero-order chi connectivity index (χ0) is 11.8. The summed E-state index contributed by atoms with van der Waals surface area (Å²) < 4.78 is 0. The second-order valence-corrected chi connectivity index (χ2v) is 2.93. The number of amides is 1. The van der Waals surface area contributed by atoms with Gasteiger partial charge in [0.25, 0.3) is 0 Å². The molecular formula is C9H16N4O2. The third kappa shape index (κ3) is 3.90. The van der Waals surface area contributed by atoms with Gasteiger partial charge in [-0.1, -0.05) is 12.2 Å². The Morgan fingerprint density at radius 3 is 2.20 bits per heavy atom. The Morgan fingerprint density at radius 2 is 1.93 bits per heavy atom. The summed E-state index contributed by atoms with van der Waals surface area (Å²) in [5.41, 5.74) is 5.08. The summed E-state index contributed by atoms with van der Waals surface area (Å²) in [4.78, 5) is 21.5. The second kappa shape index (κ2) is 6.72. The quantitative estimate of drug-likeness (QED) is 0.359. The van der Waals surface area contributed by atoms with Crippen LogP contribution in [0.3, 0.4) is 0 Å². The monoisotopic (exact) mass is 212 g/mol. The molecule has 0 aliphatic heterocycles. The fraction of sp³-hybridized carbons (Fsp3) is 0.444. The maximum absolute atomic E-state index is 10.9. The van der Waals surface area contributed by atoms with Crippen LogP contribution < -0.4 is 5.73 Å². The molecule has 0 aliphatic rings. The zero-order valence-corrected chi connectivity index (χ0v) is 8.80. The van der Waals surface area contributed by atoms with Crippen LogP contribution in [-0.4, -0.2) is 35.2 Å². The minimum absolute atomic E-state index is 0.384. The molecule has 1 amide bonds. The molecule has 0 heterocycles. The molecule has 0 radical (unpaired) electrons. The number of nitrogens with two attached hydrogens (primary N) is 1. The van der Waals surface area contributed by atoms with E-state index in [9.17, 15) is 9.70 Å². The first-order valence-electron chi connectivity index (χ1n) is 4.47. The summed E-state index contributed by atoms with van der Waals surface area (Å²) in [5, 5.41) is 5.27. The van der Waals surface area contributed by atoms with E-state index >= 15 is 0 Å². The number of primary amides is 1. The molecule has 0 fully saturated rings. The topological polar surface area (TPSA) is 79.0 Å². The summed E-state index contributed by atoms with van der Waals surface area (Å²) >= 11 is 0. The summed E-state index contributed by atoms with van der Waals surface area (Å²) in [6, 6.07) is -0.789. The van der Waals surface area contributed by atoms with Crippen molar-refractivity contribution in [2.75, 3.05) is 13.1 Å². The van der Waals surface area contributed by atoms with E-state index in [2.05, 4.69) is 18.4 Å². The van der Waals surface area contributed by atoms with Crippen molar-refractivity contribution in [2.45, 2.75) is 13.0 Å². The minimum Gasteiger partial charge on any atom is -0.368 e. The summed E-state index contributed by atoms with van der Waals surface area (Å²) in [6.45, 7) is 9.35. The fourth-order valence-electron chi connectivity index (χ4n) is 1.02. The van der Waals surface area contributed by atoms with Crippen molar-refractivity contribution in [3.63, 3.8) is 0 Å². The van der Waals surface area contributed by atoms with Crippen molar-refractivity contribution in [3.8, 4) is 0 Å². The van der Waals surface area contributed by atoms with Crippen LogP contribution in [0.15, 0.2) is 30.6 Å². The maximum atomic E-state index is 10.9. The second-order valence-electron chi connectivity index (χ2n) is 2.93. The predicted molar refractivity (Wildman–Crippen MR) is 58.3 cm³/mol. The van der Waals surface area contributed by atoms with Gasteiger partial charge in [-0.3, -0.25) is 4.79 Å². The van der Waals surface area contributed by atoms with Crippen LogP contribution in [0.4, 0.5) is 0 Å². The first-order valence-corrected chi connectivity index (χ1v) is 4.47. The molecule has 6 heteroatoms. The van der Waals surface area contributed by atoms with E-state index in [0.717, 1.165) is 5.12 Å². The average molecular weight is 212 g/mol. The Labute approximate surface area is 88.9 Å². The van der Waals surface area contributed by atoms with E-state index in [1.807, 2.05) is 0 Å². The highest BCUT2D eigenvalue weighted by Crippen LogP contribution is 2.05. The molecule has 0 aromatic heterocycles. The van der Waals surface area contributed by atoms with Gasteiger partial charge in [-0.2, -0.15) is 10.1 Å². The van der Waals surface area contributed by atoms with Gasteiger partial charge >= 0.3 is 0 Å². The molecule has 0 aliphatic carbocycles. The van der Waals surface area contributed by atoms with Gasteiger partial charge in [0.05, 0.1) is 5.29 Å². The summed E-state index contributed by atoms with van der Waals surface area (Å²) in [7, 11) is 0. The Balaban J connectivity index is 4.69. The average Bonchev–Trinajstić information content (AvgIpc) is 2.19. The molecule has 0 bridgehead atoms. The SMILES string of the molecule is C=CCN(CC=C)N(N=O)C(C)C(N)=O. The normalized spacial score (nSPS) is 11.9. The van der Waals surface area contributed by atoms with Crippen molar-refractivity contribution in [1.82, 2.24) is 10.1 Å². The molecule has 6 nitrogen and oxygen atoms in total. The Bertz CT molecular complexity index is 244. The van der Waals surface area contributed by atoms with Gasteiger partial charge in [-0.15, -0.1) is 18.1 Å². The molecule has 15 heavy (non-hydrogen) atoms. The largest absolute Gasteiger partial charge is 0.368 e. The highest BCUT2D eigenvalue weighted by atomic mass is 16.3. The first-order chi connectivity index (χ1) is 7.08. The Morgan fingerprint density at radius 1 is 1.47 bits per heavy atom. The lowest BCUT2D eigenvalue weighted by Crippen LogP contribution is -2.49. The predicted octanol–water partition coefficient (Wildman–Crippen LogP) is 0.433. The molecule has 0 aromatic carbocycles. The van der Waals surface area contributed by atoms with E-state index in [4.69, 9.17) is 5.73 Å². The van der Waals surface area contributed by atoms with Gasteiger partial charge in [0, 0.05) is 13.1 Å². The molecule has 0 rings (SSSR count). The lowest BCUT2D eigenvalue weighted by Gasteiger charge is -2.30. The van der Waals surface area contributed by atoms with Crippen LogP contribution in [0.25, 0.3) is 0 Å². The number of nitrogens with zero attached hydrogens (tertiary/aromatic N) is 3. The van der Waals surface area contributed by atoms with Crippen molar-refractivity contribution >= 4 is 5.91 Å². The van der Waals surface area contributed by atoms with Crippen LogP contribution in [-0.2, 0) is 4.79 Å². The van der Waals surface area contributed by atoms with Crippen molar-refractivity contribution in [1.29, 1.82) is 0 Å². The van der Waals surface area contributed by atoms with Crippen LogP contribution in [0.5, 0.6) is 0 Å². The standard InChI is InChI=1S/C9H16N4O2/c1-4-6-12(7-5-2)13(11-15)8(3)9(10)14/h4-5,8H,1-2,6-7H2,3H3,(H2,10,14). The van der Waals surface area contributed by atoms with E-state index in [1.54, 1.807) is 12.2 Å². The molecule has 0 saturated heterocycles. The Hall–Kier alpha value is -1.69. The summed E-state index contributed by atoms with van der Waals surface area (Å²) in [6.07, 6.45) is 3.19. The van der Waals surface area contributed by atoms with Gasteiger partial charge in [-0.05, 0) is 6.92 Å². The van der Waals surface area contributed by atoms with E-state index in [1.165, 1.54) is 11.9 Å². The third-order valence-corrected chi connectivity index (χ3v) is 1.81. The number of hydrazine groups is 1. The van der Waals surface area contributed by atoms with E-state index < -0.39 is 11.9 Å². The maximum Gasteiger partial charge on any atom is 0.243 e. The number of rotatable bonds is 8. The third-order valence-electron chi connectivity index (χ3n) is 1.81. The van der Waals surface area contributed by atoms with Gasteiger partial charge < -0.3 is 5.73 Å². The molecule has 0 spiro atoms. The number of carbonyl (C=O) groups excluding carboxylic acids is 1. The molecule has 84 valence electrons. The number of carbonyl (C=O) groups is 1. The first kappa shape index (κ1) is 13.3. The Kier molecular flexibility index (Phi) is 5.96. The van der Waals surface area contributed by atoms with Gasteiger partial charge in [-0.25, -0.2) is 0 Å². The molecular weight excluding hydrogens is 196 g/mol. The van der Waals surface area contributed by atoms with Crippen molar-refractivity contribution in [2.24, 2.45) is 11.0 Å². The van der Waals surface area contributed by atoms with Crippen LogP contribution >= 0.6 is 0 Å². The highest BCUT2D eigenvalue weighted by molar-refractivity contribution is 5.79. The molecule has 1 atom stereocenters. The highest BCUT2D eigenvalue weighted by Gasteiger charge is 2.23. The lowest BCUT2D eigenvalue weighted by atomic mass is 10.3. The fourth-order valence-corrected chi connectivity index (χ4v) is 1.02. The lowest BCUT2D eigenvalue weighted by molar-refractivity contribution is -0.131. The van der Waals surface area contributed by atoms with Crippen LogP contribution in [0.1, 0.15) is 6.92 Å². The molecule has 1 unspecified atom stereocenters. The van der Waals surface area contributed by atoms with Crippen molar-refractivity contribution < 1.29 is 4.79 Å².